The zero-order valence-electron chi connectivity index (χ0n) is 30.0. The Morgan fingerprint density at radius 1 is 0.547 bits per heavy atom. The smallest absolute Gasteiger partial charge is 0.159 e. The maximum Gasteiger partial charge on any atom is 0.159 e. The molecular weight excluding hydrogens is 645 g/mol. The molecule has 0 saturated heterocycles. The molecule has 4 heteroatoms. The van der Waals surface area contributed by atoms with E-state index in [0.29, 0.717) is 0 Å². The Hall–Kier alpha value is -6.52. The summed E-state index contributed by atoms with van der Waals surface area (Å²) in [5, 5.41) is 2.52. The van der Waals surface area contributed by atoms with Gasteiger partial charge in [0, 0.05) is 40.0 Å². The third-order valence-electron chi connectivity index (χ3n) is 11.2. The average Bonchev–Trinajstić information content (AvgIpc) is 3.67. The molecule has 0 radical (unpaired) electrons. The Balaban J connectivity index is 1.17. The van der Waals surface area contributed by atoms with Gasteiger partial charge in [0.25, 0.3) is 0 Å². The van der Waals surface area contributed by atoms with Gasteiger partial charge < -0.3 is 9.47 Å². The molecule has 53 heavy (non-hydrogen) atoms. The molecule has 0 amide bonds. The van der Waals surface area contributed by atoms with E-state index < -0.39 is 0 Å². The van der Waals surface area contributed by atoms with E-state index >= 15 is 0 Å². The van der Waals surface area contributed by atoms with E-state index in [0.717, 1.165) is 34.0 Å². The van der Waals surface area contributed by atoms with Gasteiger partial charge in [0.15, 0.2) is 12.0 Å². The Kier molecular flexibility index (Phi) is 7.09. The fraction of sp³-hybridized carbons (Fsp3) is 0.102. The topological polar surface area (TPSA) is 32.9 Å². The van der Waals surface area contributed by atoms with Crippen molar-refractivity contribution < 1.29 is 0 Å². The predicted molar refractivity (Wildman–Crippen MR) is 220 cm³/mol. The molecule has 0 fully saturated rings. The van der Waals surface area contributed by atoms with Crippen LogP contribution in [-0.2, 0) is 5.41 Å². The summed E-state index contributed by atoms with van der Waals surface area (Å²) >= 11 is 0. The fourth-order valence-electron chi connectivity index (χ4n) is 8.69. The first-order chi connectivity index (χ1) is 26.0. The van der Waals surface area contributed by atoms with E-state index in [-0.39, 0.29) is 11.6 Å². The first kappa shape index (κ1) is 31.2. The highest BCUT2D eigenvalue weighted by atomic mass is 15.3. The molecule has 0 N–H and O–H groups in total. The molecule has 1 aliphatic heterocycles. The molecule has 1 aromatic heterocycles. The molecule has 2 heterocycles. The van der Waals surface area contributed by atoms with Crippen molar-refractivity contribution in [2.75, 3.05) is 7.05 Å². The van der Waals surface area contributed by atoms with Crippen LogP contribution in [0.3, 0.4) is 0 Å². The van der Waals surface area contributed by atoms with E-state index in [1.807, 2.05) is 0 Å². The molecule has 0 spiro atoms. The van der Waals surface area contributed by atoms with Gasteiger partial charge in [-0.05, 0) is 63.2 Å². The minimum Gasteiger partial charge on any atom is -0.333 e. The van der Waals surface area contributed by atoms with E-state index in [9.17, 15) is 0 Å². The average molecular weight is 683 g/mol. The van der Waals surface area contributed by atoms with Crippen molar-refractivity contribution in [3.05, 3.63) is 198 Å². The van der Waals surface area contributed by atoms with Crippen LogP contribution in [-0.4, -0.2) is 28.2 Å². The van der Waals surface area contributed by atoms with E-state index in [1.54, 1.807) is 0 Å². The zero-order chi connectivity index (χ0) is 35.7. The van der Waals surface area contributed by atoms with Crippen LogP contribution in [0.4, 0.5) is 0 Å². The van der Waals surface area contributed by atoms with Crippen molar-refractivity contribution in [3.63, 3.8) is 0 Å². The number of aromatic nitrogens is 1. The molecule has 0 saturated carbocycles. The Bertz CT molecular complexity index is 2770. The number of hydrogen-bond donors (Lipinski definition) is 0. The second-order valence-electron chi connectivity index (χ2n) is 14.7. The van der Waals surface area contributed by atoms with Gasteiger partial charge in [0.2, 0.25) is 0 Å². The Labute approximate surface area is 310 Å². The summed E-state index contributed by atoms with van der Waals surface area (Å²) in [6.07, 6.45) is -0.263. The standard InChI is InChI=1S/C49H38N4/c1-49(2)42-26-12-10-24-38(42)40-28-29-41-39-25-11-13-27-43(39)53(45(41)44(40)49)37-23-15-21-35(31-37)46-50-47(33-18-8-5-9-19-33)52(3)48(51-46)36-22-14-20-34(30-36)32-16-6-4-7-17-32/h4-31,48H,1-3H3. The minimum absolute atomic E-state index is 0.163. The van der Waals surface area contributed by atoms with Crippen LogP contribution in [0.25, 0.3) is 49.7 Å². The van der Waals surface area contributed by atoms with Gasteiger partial charge in [0.1, 0.15) is 5.84 Å². The van der Waals surface area contributed by atoms with Gasteiger partial charge in [-0.2, -0.15) is 0 Å². The number of rotatable bonds is 5. The SMILES string of the molecule is CN1C(c2ccccc2)=NC(c2cccc(-n3c4ccccc4c4ccc5c(c43)C(C)(C)c3ccccc3-5)c2)=NC1c1cccc(-c2ccccc2)c1. The van der Waals surface area contributed by atoms with Gasteiger partial charge in [-0.15, -0.1) is 0 Å². The highest BCUT2D eigenvalue weighted by Gasteiger charge is 2.38. The molecule has 1 aliphatic carbocycles. The van der Waals surface area contributed by atoms with E-state index in [1.165, 1.54) is 55.2 Å². The van der Waals surface area contributed by atoms with Gasteiger partial charge in [-0.3, -0.25) is 0 Å². The Morgan fingerprint density at radius 2 is 1.23 bits per heavy atom. The number of hydrogen-bond acceptors (Lipinski definition) is 3. The summed E-state index contributed by atoms with van der Waals surface area (Å²) in [7, 11) is 2.10. The molecule has 1 atom stereocenters. The summed E-state index contributed by atoms with van der Waals surface area (Å²) in [6.45, 7) is 4.74. The molecule has 0 bridgehead atoms. The summed E-state index contributed by atoms with van der Waals surface area (Å²) in [6, 6.07) is 60.9. The summed E-state index contributed by atoms with van der Waals surface area (Å²) < 4.78 is 2.47. The highest BCUT2D eigenvalue weighted by Crippen LogP contribution is 2.52. The number of aliphatic imine (C=N–C) groups is 2. The van der Waals surface area contributed by atoms with Crippen LogP contribution in [0.1, 0.15) is 47.8 Å². The molecule has 7 aromatic carbocycles. The minimum atomic E-state index is -0.263. The summed E-state index contributed by atoms with van der Waals surface area (Å²) in [4.78, 5) is 12.9. The predicted octanol–water partition coefficient (Wildman–Crippen LogP) is 11.6. The van der Waals surface area contributed by atoms with E-state index in [4.69, 9.17) is 9.98 Å². The third kappa shape index (κ3) is 4.90. The van der Waals surface area contributed by atoms with Crippen molar-refractivity contribution in [3.8, 4) is 27.9 Å². The van der Waals surface area contributed by atoms with Crippen molar-refractivity contribution in [2.45, 2.75) is 25.4 Å². The van der Waals surface area contributed by atoms with Crippen molar-refractivity contribution in [1.29, 1.82) is 0 Å². The lowest BCUT2D eigenvalue weighted by Crippen LogP contribution is -2.35. The number of amidine groups is 2. The molecule has 4 nitrogen and oxygen atoms in total. The van der Waals surface area contributed by atoms with Crippen molar-refractivity contribution in [2.24, 2.45) is 9.98 Å². The molecule has 10 rings (SSSR count). The quantitative estimate of drug-likeness (QED) is 0.178. The van der Waals surface area contributed by atoms with Gasteiger partial charge >= 0.3 is 0 Å². The molecular formula is C49H38N4. The van der Waals surface area contributed by atoms with Crippen LogP contribution in [0.5, 0.6) is 0 Å². The van der Waals surface area contributed by atoms with Gasteiger partial charge in [-0.25, -0.2) is 9.98 Å². The van der Waals surface area contributed by atoms with Gasteiger partial charge in [0.05, 0.1) is 11.0 Å². The van der Waals surface area contributed by atoms with E-state index in [2.05, 4.69) is 200 Å². The second-order valence-corrected chi connectivity index (χ2v) is 14.7. The fourth-order valence-corrected chi connectivity index (χ4v) is 8.69. The largest absolute Gasteiger partial charge is 0.333 e. The second kappa shape index (κ2) is 12.0. The number of nitrogens with zero attached hydrogens (tertiary/aromatic N) is 4. The highest BCUT2D eigenvalue weighted by molar-refractivity contribution is 6.15. The third-order valence-corrected chi connectivity index (χ3v) is 11.2. The molecule has 254 valence electrons. The lowest BCUT2D eigenvalue weighted by atomic mass is 9.81. The van der Waals surface area contributed by atoms with Crippen LogP contribution in [0, 0.1) is 0 Å². The first-order valence-corrected chi connectivity index (χ1v) is 18.3. The van der Waals surface area contributed by atoms with Crippen LogP contribution < -0.4 is 0 Å². The van der Waals surface area contributed by atoms with Gasteiger partial charge in [-0.1, -0.05) is 159 Å². The van der Waals surface area contributed by atoms with Crippen LogP contribution >= 0.6 is 0 Å². The molecule has 8 aromatic rings. The normalized spacial score (nSPS) is 16.0. The summed E-state index contributed by atoms with van der Waals surface area (Å²) in [5.74, 6) is 1.61. The maximum absolute atomic E-state index is 5.41. The number of para-hydroxylation sites is 1. The lowest BCUT2D eigenvalue weighted by Gasteiger charge is -2.32. The lowest BCUT2D eigenvalue weighted by molar-refractivity contribution is 0.383. The van der Waals surface area contributed by atoms with Crippen molar-refractivity contribution >= 4 is 33.5 Å². The molecule has 1 unspecified atom stereocenters. The van der Waals surface area contributed by atoms with Crippen molar-refractivity contribution in [1.82, 2.24) is 9.47 Å². The first-order valence-electron chi connectivity index (χ1n) is 18.3. The maximum atomic E-state index is 5.41. The number of fused-ring (bicyclic) bond motifs is 7. The van der Waals surface area contributed by atoms with Crippen LogP contribution in [0.2, 0.25) is 0 Å². The zero-order valence-corrected chi connectivity index (χ0v) is 30.0. The van der Waals surface area contributed by atoms with Crippen LogP contribution in [0.15, 0.2) is 180 Å². The number of benzene rings is 7. The summed E-state index contributed by atoms with van der Waals surface area (Å²) in [5.41, 5.74) is 14.3. The monoisotopic (exact) mass is 682 g/mol. The Morgan fingerprint density at radius 3 is 2.06 bits per heavy atom. The molecule has 2 aliphatic rings.